The molecule has 0 aromatic heterocycles. The lowest BCUT2D eigenvalue weighted by Gasteiger charge is -2.51. The van der Waals surface area contributed by atoms with Crippen LogP contribution in [0.3, 0.4) is 0 Å². The Morgan fingerprint density at radius 3 is 1.09 bits per heavy atom. The maximum atomic E-state index is 11.7. The Morgan fingerprint density at radius 2 is 0.955 bits per heavy atom. The van der Waals surface area contributed by atoms with Crippen molar-refractivity contribution in [1.82, 2.24) is 0 Å². The first kappa shape index (κ1) is 19.6. The molecule has 124 valence electrons. The fourth-order valence-electron chi connectivity index (χ4n) is 2.90. The third-order valence-corrected chi connectivity index (χ3v) is 5.80. The molecule has 0 aromatic carbocycles. The SMILES string of the molecule is CC(C)=CC1(P=O)C(O)C(O)C(C=C(C)C)(P=O)C(O)C1O. The number of allylic oxidation sites excluding steroid dienone is 2. The van der Waals surface area contributed by atoms with E-state index >= 15 is 0 Å². The molecule has 0 aliphatic heterocycles. The molecule has 4 atom stereocenters. The number of hydrogen-bond acceptors (Lipinski definition) is 6. The topological polar surface area (TPSA) is 115 Å². The first-order valence-electron chi connectivity index (χ1n) is 6.82. The first-order valence-corrected chi connectivity index (χ1v) is 8.45. The number of hydrogen-bond donors (Lipinski definition) is 4. The van der Waals surface area contributed by atoms with Gasteiger partial charge in [0.15, 0.2) is 16.9 Å². The van der Waals surface area contributed by atoms with E-state index in [1.807, 2.05) is 0 Å². The third-order valence-electron chi connectivity index (χ3n) is 3.85. The zero-order chi connectivity index (χ0) is 17.3. The largest absolute Gasteiger partial charge is 0.389 e. The van der Waals surface area contributed by atoms with Gasteiger partial charge in [0.05, 0.1) is 0 Å². The Labute approximate surface area is 133 Å². The molecule has 1 rings (SSSR count). The van der Waals surface area contributed by atoms with Gasteiger partial charge in [0, 0.05) is 0 Å². The molecule has 6 nitrogen and oxygen atoms in total. The summed E-state index contributed by atoms with van der Waals surface area (Å²) < 4.78 is 23.3. The molecule has 0 spiro atoms. The Hall–Kier alpha value is -0.480. The molecule has 0 bridgehead atoms. The molecule has 1 aliphatic rings. The van der Waals surface area contributed by atoms with Gasteiger partial charge in [-0.1, -0.05) is 23.3 Å². The first-order chi connectivity index (χ1) is 10.1. The lowest BCUT2D eigenvalue weighted by molar-refractivity contribution is -0.135. The Bertz CT molecular complexity index is 445. The molecule has 1 aliphatic carbocycles. The Balaban J connectivity index is 3.57. The third kappa shape index (κ3) is 2.96. The molecule has 0 amide bonds. The molecule has 0 aromatic rings. The van der Waals surface area contributed by atoms with E-state index in [1.54, 1.807) is 27.7 Å². The second-order valence-electron chi connectivity index (χ2n) is 6.18. The van der Waals surface area contributed by atoms with Crippen LogP contribution in [0.25, 0.3) is 0 Å². The standard InChI is InChI=1S/C14H22O6P2/c1-7(2)5-13(21-19)9(15)11(17)14(22-20,6-8(3)4)12(18)10(13)16/h5-6,9-12,15-18H,1-4H3. The van der Waals surface area contributed by atoms with Crippen LogP contribution in [0.2, 0.25) is 0 Å². The highest BCUT2D eigenvalue weighted by Crippen LogP contribution is 2.50. The molecule has 4 N–H and O–H groups in total. The van der Waals surface area contributed by atoms with Gasteiger partial charge in [-0.2, -0.15) is 0 Å². The number of aliphatic hydroxyl groups is 4. The maximum Gasteiger partial charge on any atom is 0.172 e. The smallest absolute Gasteiger partial charge is 0.172 e. The van der Waals surface area contributed by atoms with Crippen molar-refractivity contribution in [1.29, 1.82) is 0 Å². The van der Waals surface area contributed by atoms with Gasteiger partial charge in [0.2, 0.25) is 0 Å². The second-order valence-corrected chi connectivity index (χ2v) is 8.09. The summed E-state index contributed by atoms with van der Waals surface area (Å²) in [6, 6.07) is 0. The average molecular weight is 348 g/mol. The van der Waals surface area contributed by atoms with Crippen LogP contribution in [-0.2, 0) is 9.13 Å². The molecule has 0 heterocycles. The molecular weight excluding hydrogens is 326 g/mol. The quantitative estimate of drug-likeness (QED) is 0.451. The van der Waals surface area contributed by atoms with E-state index in [-0.39, 0.29) is 0 Å². The van der Waals surface area contributed by atoms with Gasteiger partial charge in [-0.3, -0.25) is 9.13 Å². The molecule has 0 saturated heterocycles. The van der Waals surface area contributed by atoms with Crippen molar-refractivity contribution < 1.29 is 29.6 Å². The summed E-state index contributed by atoms with van der Waals surface area (Å²) in [6.07, 6.45) is -3.96. The molecule has 8 heteroatoms. The summed E-state index contributed by atoms with van der Waals surface area (Å²) in [5.41, 5.74) is 1.30. The minimum absolute atomic E-state index is 0.647. The van der Waals surface area contributed by atoms with Crippen LogP contribution in [0.1, 0.15) is 27.7 Å². The van der Waals surface area contributed by atoms with Gasteiger partial charge in [-0.15, -0.1) is 0 Å². The van der Waals surface area contributed by atoms with Crippen LogP contribution >= 0.6 is 16.9 Å². The van der Waals surface area contributed by atoms with E-state index in [1.165, 1.54) is 12.2 Å². The van der Waals surface area contributed by atoms with Gasteiger partial charge in [0.1, 0.15) is 34.7 Å². The van der Waals surface area contributed by atoms with Crippen molar-refractivity contribution in [2.45, 2.75) is 62.4 Å². The molecule has 4 unspecified atom stereocenters. The lowest BCUT2D eigenvalue weighted by Crippen LogP contribution is -2.71. The second kappa shape index (κ2) is 6.96. The zero-order valence-corrected chi connectivity index (χ0v) is 14.8. The van der Waals surface area contributed by atoms with Gasteiger partial charge in [-0.25, -0.2) is 0 Å². The number of aliphatic hydroxyl groups excluding tert-OH is 4. The van der Waals surface area contributed by atoms with E-state index < -0.39 is 51.6 Å². The van der Waals surface area contributed by atoms with Gasteiger partial charge in [-0.05, 0) is 27.7 Å². The van der Waals surface area contributed by atoms with E-state index in [0.717, 1.165) is 0 Å². The predicted molar refractivity (Wildman–Crippen MR) is 83.6 cm³/mol. The normalized spacial score (nSPS) is 42.2. The van der Waals surface area contributed by atoms with E-state index in [2.05, 4.69) is 0 Å². The highest BCUT2D eigenvalue weighted by Gasteiger charge is 2.65. The predicted octanol–water partition coefficient (Wildman–Crippen LogP) is 1.44. The highest BCUT2D eigenvalue weighted by atomic mass is 31.1. The molecular formula is C14H22O6P2. The summed E-state index contributed by atoms with van der Waals surface area (Å²) in [6.45, 7) is 6.70. The minimum atomic E-state index is -1.76. The fraction of sp³-hybridized carbons (Fsp3) is 0.714. The Kier molecular flexibility index (Phi) is 6.19. The lowest BCUT2D eigenvalue weighted by atomic mass is 9.71. The van der Waals surface area contributed by atoms with Gasteiger partial charge >= 0.3 is 0 Å². The van der Waals surface area contributed by atoms with Crippen molar-refractivity contribution in [2.75, 3.05) is 0 Å². The minimum Gasteiger partial charge on any atom is -0.389 e. The molecule has 22 heavy (non-hydrogen) atoms. The van der Waals surface area contributed by atoms with Crippen LogP contribution in [0.15, 0.2) is 23.3 Å². The van der Waals surface area contributed by atoms with Crippen molar-refractivity contribution in [3.05, 3.63) is 23.3 Å². The van der Waals surface area contributed by atoms with E-state index in [4.69, 9.17) is 0 Å². The molecule has 0 radical (unpaired) electrons. The van der Waals surface area contributed by atoms with E-state index in [9.17, 15) is 29.6 Å². The van der Waals surface area contributed by atoms with Crippen LogP contribution < -0.4 is 0 Å². The summed E-state index contributed by atoms with van der Waals surface area (Å²) in [4.78, 5) is 0. The summed E-state index contributed by atoms with van der Waals surface area (Å²) in [7, 11) is -1.29. The maximum absolute atomic E-state index is 11.7. The van der Waals surface area contributed by atoms with Crippen LogP contribution in [0.4, 0.5) is 0 Å². The van der Waals surface area contributed by atoms with Crippen molar-refractivity contribution >= 4 is 16.9 Å². The summed E-state index contributed by atoms with van der Waals surface area (Å²) >= 11 is 0. The summed E-state index contributed by atoms with van der Waals surface area (Å²) in [5.74, 6) is 0. The Morgan fingerprint density at radius 1 is 0.727 bits per heavy atom. The van der Waals surface area contributed by atoms with Crippen molar-refractivity contribution in [3.8, 4) is 0 Å². The van der Waals surface area contributed by atoms with Crippen LogP contribution in [-0.4, -0.2) is 55.2 Å². The van der Waals surface area contributed by atoms with Crippen molar-refractivity contribution in [2.24, 2.45) is 0 Å². The average Bonchev–Trinajstić information content (AvgIpc) is 2.45. The molecule has 1 fully saturated rings. The van der Waals surface area contributed by atoms with E-state index in [0.29, 0.717) is 11.1 Å². The summed E-state index contributed by atoms with van der Waals surface area (Å²) in [5, 5.41) is 38.3. The van der Waals surface area contributed by atoms with Crippen LogP contribution in [0, 0.1) is 0 Å². The number of rotatable bonds is 4. The highest BCUT2D eigenvalue weighted by molar-refractivity contribution is 7.27. The zero-order valence-electron chi connectivity index (χ0n) is 13.0. The van der Waals surface area contributed by atoms with Gasteiger partial charge < -0.3 is 20.4 Å². The van der Waals surface area contributed by atoms with Gasteiger partial charge in [0.25, 0.3) is 0 Å². The fourth-order valence-corrected chi connectivity index (χ4v) is 4.52. The monoisotopic (exact) mass is 348 g/mol. The molecule has 1 saturated carbocycles. The van der Waals surface area contributed by atoms with Crippen molar-refractivity contribution in [3.63, 3.8) is 0 Å². The van der Waals surface area contributed by atoms with Crippen LogP contribution in [0.5, 0.6) is 0 Å².